The lowest BCUT2D eigenvalue weighted by Gasteiger charge is -2.22. The largest absolute Gasteiger partial charge is 0.356 e. The van der Waals surface area contributed by atoms with E-state index in [4.69, 9.17) is 4.98 Å². The molecule has 4 heterocycles. The van der Waals surface area contributed by atoms with Gasteiger partial charge in [0.05, 0.1) is 29.0 Å². The van der Waals surface area contributed by atoms with Crippen LogP contribution in [0.4, 0.5) is 5.95 Å². The molecule has 0 aromatic carbocycles. The molecular weight excluding hydrogens is 382 g/mol. The van der Waals surface area contributed by atoms with Crippen molar-refractivity contribution >= 4 is 17.8 Å². The Bertz CT molecular complexity index is 1040. The number of likely N-dealkylation sites (tertiary alicyclic amines) is 1. The second kappa shape index (κ2) is 7.24. The molecule has 0 bridgehead atoms. The maximum atomic E-state index is 12.4. The Morgan fingerprint density at radius 1 is 1.30 bits per heavy atom. The van der Waals surface area contributed by atoms with E-state index in [1.54, 1.807) is 0 Å². The number of hydrogen-bond acceptors (Lipinski definition) is 6. The number of likely N-dealkylation sites (N-methyl/N-ethyl adjacent to an activating group) is 1. The fraction of sp³-hybridized carbons (Fsp3) is 0.429. The molecule has 5 rings (SSSR count). The molecule has 9 nitrogen and oxygen atoms in total. The number of aryl methyl sites for hydroxylation is 1. The maximum absolute atomic E-state index is 12.4. The molecule has 0 saturated carbocycles. The van der Waals surface area contributed by atoms with Crippen LogP contribution in [0.3, 0.4) is 0 Å². The molecule has 2 aromatic rings. The van der Waals surface area contributed by atoms with Crippen molar-refractivity contribution in [3.8, 4) is 11.4 Å². The van der Waals surface area contributed by atoms with Crippen LogP contribution in [0, 0.1) is 0 Å². The average molecular weight is 407 g/mol. The molecule has 2 aliphatic heterocycles. The standard InChI is InChI=1S/C21H25N7O2/c1-3-16(29)24-14-9-28(2)10-15(14)26-21-23-8-11-4-5-12-17-13(6-7-22-20(17)30)25-19(12)18(11)27-21/h3,8,14-15,25H,1,4-7,9-10H2,2H3,(H,22,30)(H,24,29)(H,23,26,27)/t14-,15+/m1/s1. The van der Waals surface area contributed by atoms with Crippen LogP contribution in [0.25, 0.3) is 11.4 Å². The zero-order chi connectivity index (χ0) is 20.8. The van der Waals surface area contributed by atoms with E-state index in [9.17, 15) is 9.59 Å². The van der Waals surface area contributed by atoms with Crippen LogP contribution < -0.4 is 16.0 Å². The molecule has 3 aliphatic rings. The first-order chi connectivity index (χ1) is 14.5. The summed E-state index contributed by atoms with van der Waals surface area (Å²) >= 11 is 0. The lowest BCUT2D eigenvalue weighted by molar-refractivity contribution is -0.117. The Hall–Kier alpha value is -3.20. The molecule has 2 aromatic heterocycles. The number of nitrogens with one attached hydrogen (secondary N) is 4. The van der Waals surface area contributed by atoms with Crippen molar-refractivity contribution in [2.45, 2.75) is 31.3 Å². The topological polar surface area (TPSA) is 115 Å². The van der Waals surface area contributed by atoms with Gasteiger partial charge in [0.1, 0.15) is 0 Å². The van der Waals surface area contributed by atoms with E-state index in [2.05, 4.69) is 37.4 Å². The number of aromatic amines is 1. The number of fused-ring (bicyclic) bond motifs is 5. The Morgan fingerprint density at radius 2 is 2.13 bits per heavy atom. The lowest BCUT2D eigenvalue weighted by Crippen LogP contribution is -2.45. The van der Waals surface area contributed by atoms with E-state index in [0.717, 1.165) is 66.1 Å². The normalized spacial score (nSPS) is 22.5. The molecule has 9 heteroatoms. The number of H-pyrrole nitrogens is 1. The number of rotatable bonds is 4. The van der Waals surface area contributed by atoms with E-state index in [1.165, 1.54) is 6.08 Å². The zero-order valence-corrected chi connectivity index (χ0v) is 16.9. The highest BCUT2D eigenvalue weighted by atomic mass is 16.2. The molecular formula is C21H25N7O2. The highest BCUT2D eigenvalue weighted by Gasteiger charge is 2.33. The SMILES string of the molecule is C=CC(=O)N[C@@H]1CN(C)C[C@@H]1Nc1ncc2c(n1)-c1[nH]c3c(c1CC2)C(=O)NCC3. The summed E-state index contributed by atoms with van der Waals surface area (Å²) in [6.07, 6.45) is 5.57. The smallest absolute Gasteiger partial charge is 0.253 e. The molecule has 0 radical (unpaired) electrons. The fourth-order valence-corrected chi connectivity index (χ4v) is 4.74. The van der Waals surface area contributed by atoms with E-state index < -0.39 is 0 Å². The second-order valence-corrected chi connectivity index (χ2v) is 8.20. The maximum Gasteiger partial charge on any atom is 0.253 e. The van der Waals surface area contributed by atoms with Crippen LogP contribution >= 0.6 is 0 Å². The predicted octanol–water partition coefficient (Wildman–Crippen LogP) is 0.253. The van der Waals surface area contributed by atoms with Gasteiger partial charge < -0.3 is 25.8 Å². The second-order valence-electron chi connectivity index (χ2n) is 8.20. The van der Waals surface area contributed by atoms with Gasteiger partial charge in [-0.1, -0.05) is 6.58 Å². The van der Waals surface area contributed by atoms with Crippen molar-refractivity contribution in [1.29, 1.82) is 0 Å². The van der Waals surface area contributed by atoms with Gasteiger partial charge in [-0.3, -0.25) is 9.59 Å². The van der Waals surface area contributed by atoms with Gasteiger partial charge in [-0.15, -0.1) is 0 Å². The van der Waals surface area contributed by atoms with Gasteiger partial charge in [0.15, 0.2) is 0 Å². The highest BCUT2D eigenvalue weighted by molar-refractivity contribution is 6.00. The van der Waals surface area contributed by atoms with Crippen LogP contribution in [0.15, 0.2) is 18.9 Å². The number of amides is 2. The van der Waals surface area contributed by atoms with Crippen molar-refractivity contribution in [2.24, 2.45) is 0 Å². The first-order valence-electron chi connectivity index (χ1n) is 10.3. The third kappa shape index (κ3) is 3.15. The van der Waals surface area contributed by atoms with Gasteiger partial charge >= 0.3 is 0 Å². The number of anilines is 1. The summed E-state index contributed by atoms with van der Waals surface area (Å²) in [7, 11) is 2.02. The summed E-state index contributed by atoms with van der Waals surface area (Å²) in [6.45, 7) is 5.69. The van der Waals surface area contributed by atoms with Crippen LogP contribution in [0.1, 0.15) is 27.2 Å². The van der Waals surface area contributed by atoms with Gasteiger partial charge in [0.25, 0.3) is 5.91 Å². The Kier molecular flexibility index (Phi) is 4.54. The summed E-state index contributed by atoms with van der Waals surface area (Å²) in [5.41, 5.74) is 5.70. The van der Waals surface area contributed by atoms with Crippen molar-refractivity contribution in [1.82, 2.24) is 30.5 Å². The Balaban J connectivity index is 1.44. The molecule has 2 amide bonds. The number of aromatic nitrogens is 3. The van der Waals surface area contributed by atoms with Crippen LogP contribution in [0.2, 0.25) is 0 Å². The minimum atomic E-state index is -0.187. The molecule has 1 saturated heterocycles. The Labute approximate surface area is 174 Å². The van der Waals surface area contributed by atoms with Crippen LogP contribution in [0.5, 0.6) is 0 Å². The average Bonchev–Trinajstić information content (AvgIpc) is 3.28. The van der Waals surface area contributed by atoms with Crippen molar-refractivity contribution < 1.29 is 9.59 Å². The summed E-state index contributed by atoms with van der Waals surface area (Å²) in [6, 6.07) is -0.0696. The first-order valence-corrected chi connectivity index (χ1v) is 10.3. The molecule has 1 fully saturated rings. The third-order valence-corrected chi connectivity index (χ3v) is 6.14. The molecule has 4 N–H and O–H groups in total. The van der Waals surface area contributed by atoms with Crippen molar-refractivity contribution in [3.05, 3.63) is 41.2 Å². The highest BCUT2D eigenvalue weighted by Crippen LogP contribution is 2.36. The van der Waals surface area contributed by atoms with E-state index >= 15 is 0 Å². The molecule has 1 aliphatic carbocycles. The van der Waals surface area contributed by atoms with E-state index in [0.29, 0.717) is 12.5 Å². The Morgan fingerprint density at radius 3 is 2.97 bits per heavy atom. The van der Waals surface area contributed by atoms with E-state index in [1.807, 2.05) is 13.2 Å². The summed E-state index contributed by atoms with van der Waals surface area (Å²) in [5.74, 6) is 0.338. The van der Waals surface area contributed by atoms with Gasteiger partial charge in [-0.2, -0.15) is 0 Å². The molecule has 0 unspecified atom stereocenters. The zero-order valence-electron chi connectivity index (χ0n) is 16.9. The molecule has 156 valence electrons. The van der Waals surface area contributed by atoms with Gasteiger partial charge in [0.2, 0.25) is 11.9 Å². The molecule has 2 atom stereocenters. The van der Waals surface area contributed by atoms with Gasteiger partial charge in [-0.25, -0.2) is 9.97 Å². The number of hydrogen-bond donors (Lipinski definition) is 4. The number of carbonyl (C=O) groups is 2. The predicted molar refractivity (Wildman–Crippen MR) is 112 cm³/mol. The fourth-order valence-electron chi connectivity index (χ4n) is 4.74. The van der Waals surface area contributed by atoms with Gasteiger partial charge in [-0.05, 0) is 37.1 Å². The number of nitrogens with zero attached hydrogens (tertiary/aromatic N) is 3. The third-order valence-electron chi connectivity index (χ3n) is 6.14. The first kappa shape index (κ1) is 18.8. The van der Waals surface area contributed by atoms with Crippen molar-refractivity contribution in [2.75, 3.05) is 32.0 Å². The summed E-state index contributed by atoms with van der Waals surface area (Å²) in [4.78, 5) is 39.1. The van der Waals surface area contributed by atoms with E-state index in [-0.39, 0.29) is 23.9 Å². The monoisotopic (exact) mass is 407 g/mol. The molecule has 0 spiro atoms. The lowest BCUT2D eigenvalue weighted by atomic mass is 9.91. The minimum Gasteiger partial charge on any atom is -0.356 e. The quantitative estimate of drug-likeness (QED) is 0.540. The molecule has 30 heavy (non-hydrogen) atoms. The summed E-state index contributed by atoms with van der Waals surface area (Å²) < 4.78 is 0. The summed E-state index contributed by atoms with van der Waals surface area (Å²) in [5, 5.41) is 9.31. The van der Waals surface area contributed by atoms with Crippen LogP contribution in [-0.4, -0.2) is 70.4 Å². The van der Waals surface area contributed by atoms with Crippen molar-refractivity contribution in [3.63, 3.8) is 0 Å². The van der Waals surface area contributed by atoms with Gasteiger partial charge in [0, 0.05) is 37.9 Å². The number of carbonyl (C=O) groups excluding carboxylic acids is 2. The minimum absolute atomic E-state index is 0.000556. The van der Waals surface area contributed by atoms with Crippen LogP contribution in [-0.2, 0) is 24.1 Å².